The number of fused-ring (bicyclic) bond motifs is 1. The lowest BCUT2D eigenvalue weighted by molar-refractivity contribution is 0.0389. The van der Waals surface area contributed by atoms with Gasteiger partial charge >= 0.3 is 0 Å². The predicted molar refractivity (Wildman–Crippen MR) is 137 cm³/mol. The van der Waals surface area contributed by atoms with Gasteiger partial charge in [0, 0.05) is 45.5 Å². The van der Waals surface area contributed by atoms with Gasteiger partial charge in [0.05, 0.1) is 24.9 Å². The average molecular weight is 459 g/mol. The summed E-state index contributed by atoms with van der Waals surface area (Å²) in [5, 5.41) is 12.2. The number of aliphatic imine (C=N–C) groups is 1. The Hall–Kier alpha value is -3.16. The van der Waals surface area contributed by atoms with E-state index in [0.29, 0.717) is 0 Å². The van der Waals surface area contributed by atoms with Crippen LogP contribution in [0, 0.1) is 0 Å². The quantitative estimate of drug-likeness (QED) is 0.543. The van der Waals surface area contributed by atoms with Crippen molar-refractivity contribution in [3.8, 4) is 0 Å². The molecule has 3 aromatic rings. The van der Waals surface area contributed by atoms with Gasteiger partial charge in [-0.3, -0.25) is 14.6 Å². The van der Waals surface area contributed by atoms with Gasteiger partial charge in [-0.05, 0) is 24.0 Å². The van der Waals surface area contributed by atoms with E-state index in [4.69, 9.17) is 14.8 Å². The largest absolute Gasteiger partial charge is 0.380 e. The molecule has 7 nitrogen and oxygen atoms in total. The number of rotatable bonds is 8. The van der Waals surface area contributed by atoms with Crippen molar-refractivity contribution >= 4 is 11.5 Å². The molecule has 2 aromatic carbocycles. The van der Waals surface area contributed by atoms with Gasteiger partial charge in [-0.2, -0.15) is 5.10 Å². The van der Waals surface area contributed by atoms with Crippen molar-refractivity contribution in [2.75, 3.05) is 51.3 Å². The second kappa shape index (κ2) is 11.3. The zero-order chi connectivity index (χ0) is 23.0. The Morgan fingerprint density at radius 2 is 1.68 bits per heavy atom. The van der Waals surface area contributed by atoms with Crippen molar-refractivity contribution < 1.29 is 4.74 Å². The van der Waals surface area contributed by atoms with E-state index < -0.39 is 0 Å². The molecule has 1 atom stereocenters. The number of nitrogens with zero attached hydrogens (tertiary/aromatic N) is 4. The van der Waals surface area contributed by atoms with Gasteiger partial charge in [0.15, 0.2) is 11.5 Å². The minimum absolute atomic E-state index is 0.153. The van der Waals surface area contributed by atoms with Crippen molar-refractivity contribution in [3.63, 3.8) is 0 Å². The first kappa shape index (κ1) is 22.6. The third-order valence-electron chi connectivity index (χ3n) is 6.44. The van der Waals surface area contributed by atoms with Crippen molar-refractivity contribution in [3.05, 3.63) is 83.7 Å². The number of aromatic nitrogens is 2. The lowest BCUT2D eigenvalue weighted by Crippen LogP contribution is -2.41. The summed E-state index contributed by atoms with van der Waals surface area (Å²) >= 11 is 0. The number of anilines is 1. The van der Waals surface area contributed by atoms with Gasteiger partial charge in [0.1, 0.15) is 0 Å². The highest BCUT2D eigenvalue weighted by Crippen LogP contribution is 2.20. The molecule has 1 aromatic heterocycles. The first-order chi connectivity index (χ1) is 16.8. The van der Waals surface area contributed by atoms with Crippen LogP contribution in [0.3, 0.4) is 0 Å². The van der Waals surface area contributed by atoms with Crippen LogP contribution in [0.2, 0.25) is 0 Å². The van der Waals surface area contributed by atoms with Crippen molar-refractivity contribution in [2.24, 2.45) is 4.99 Å². The Balaban J connectivity index is 1.30. The van der Waals surface area contributed by atoms with Crippen molar-refractivity contribution in [1.29, 1.82) is 0 Å². The van der Waals surface area contributed by atoms with E-state index in [1.807, 2.05) is 4.68 Å². The average Bonchev–Trinajstić information content (AvgIpc) is 3.23. The first-order valence-electron chi connectivity index (χ1n) is 12.3. The number of nitrogens with one attached hydrogen (secondary N) is 2. The molecule has 7 heteroatoms. The summed E-state index contributed by atoms with van der Waals surface area (Å²) in [6.45, 7) is 7.07. The molecule has 3 heterocycles. The van der Waals surface area contributed by atoms with E-state index >= 15 is 0 Å². The third kappa shape index (κ3) is 6.04. The maximum Gasteiger partial charge on any atom is 0.151 e. The topological polar surface area (TPSA) is 66.7 Å². The molecule has 2 N–H and O–H groups in total. The molecular weight excluding hydrogens is 424 g/mol. The van der Waals surface area contributed by atoms with Crippen LogP contribution in [0.25, 0.3) is 0 Å². The highest BCUT2D eigenvalue weighted by atomic mass is 16.5. The second-order valence-electron chi connectivity index (χ2n) is 8.97. The molecule has 5 rings (SSSR count). The fourth-order valence-corrected chi connectivity index (χ4v) is 4.54. The van der Waals surface area contributed by atoms with Crippen molar-refractivity contribution in [2.45, 2.75) is 25.4 Å². The number of amidine groups is 1. The summed E-state index contributed by atoms with van der Waals surface area (Å²) in [6, 6.07) is 21.3. The number of hydrogen-bond donors (Lipinski definition) is 2. The molecule has 1 fully saturated rings. The van der Waals surface area contributed by atoms with Gasteiger partial charge in [0.2, 0.25) is 0 Å². The summed E-state index contributed by atoms with van der Waals surface area (Å²) in [6.07, 6.45) is 3.98. The minimum atomic E-state index is 0.153. The first-order valence-corrected chi connectivity index (χ1v) is 12.3. The van der Waals surface area contributed by atoms with Crippen LogP contribution in [0.1, 0.15) is 16.8 Å². The fraction of sp³-hybridized carbons (Fsp3) is 0.407. The molecule has 178 valence electrons. The van der Waals surface area contributed by atoms with E-state index in [9.17, 15) is 0 Å². The van der Waals surface area contributed by atoms with Crippen LogP contribution < -0.4 is 10.6 Å². The summed E-state index contributed by atoms with van der Waals surface area (Å²) in [5.41, 5.74) is 4.60. The summed E-state index contributed by atoms with van der Waals surface area (Å²) < 4.78 is 7.52. The van der Waals surface area contributed by atoms with Crippen LogP contribution in [0.15, 0.2) is 71.9 Å². The molecule has 0 unspecified atom stereocenters. The van der Waals surface area contributed by atoms with Gasteiger partial charge in [-0.1, -0.05) is 60.7 Å². The van der Waals surface area contributed by atoms with Crippen LogP contribution in [0.5, 0.6) is 0 Å². The molecule has 2 aliphatic heterocycles. The van der Waals surface area contributed by atoms with E-state index in [1.165, 1.54) is 11.1 Å². The maximum absolute atomic E-state index is 5.48. The number of aryl methyl sites for hydroxylation is 2. The molecule has 0 bridgehead atoms. The van der Waals surface area contributed by atoms with Crippen LogP contribution in [-0.2, 0) is 24.1 Å². The maximum atomic E-state index is 5.48. The summed E-state index contributed by atoms with van der Waals surface area (Å²) in [4.78, 5) is 7.59. The molecule has 0 spiro atoms. The highest BCUT2D eigenvalue weighted by molar-refractivity contribution is 6.02. The lowest BCUT2D eigenvalue weighted by Gasteiger charge is -2.26. The SMILES string of the molecule is c1ccc(CCn2cc3c(n2)C(NCCN2CCOCC2)=N[C@H](Cc2ccccc2)CN3)cc1. The van der Waals surface area contributed by atoms with Gasteiger partial charge in [0.25, 0.3) is 0 Å². The van der Waals surface area contributed by atoms with Gasteiger partial charge in [-0.25, -0.2) is 0 Å². The van der Waals surface area contributed by atoms with Crippen LogP contribution in [-0.4, -0.2) is 72.5 Å². The molecule has 2 aliphatic rings. The fourth-order valence-electron chi connectivity index (χ4n) is 4.54. The van der Waals surface area contributed by atoms with Crippen LogP contribution >= 0.6 is 0 Å². The summed E-state index contributed by atoms with van der Waals surface area (Å²) in [5.74, 6) is 0.896. The lowest BCUT2D eigenvalue weighted by atomic mass is 10.1. The monoisotopic (exact) mass is 458 g/mol. The molecule has 0 aliphatic carbocycles. The Kier molecular flexibility index (Phi) is 7.53. The van der Waals surface area contributed by atoms with Gasteiger partial charge < -0.3 is 15.4 Å². The molecule has 0 amide bonds. The predicted octanol–water partition coefficient (Wildman–Crippen LogP) is 2.83. The number of hydrogen-bond acceptors (Lipinski definition) is 6. The van der Waals surface area contributed by atoms with E-state index in [2.05, 4.69) is 82.4 Å². The third-order valence-corrected chi connectivity index (χ3v) is 6.44. The normalized spacial score (nSPS) is 18.5. The molecule has 0 saturated carbocycles. The second-order valence-corrected chi connectivity index (χ2v) is 8.97. The Labute approximate surface area is 201 Å². The zero-order valence-electron chi connectivity index (χ0n) is 19.7. The van der Waals surface area contributed by atoms with Crippen molar-refractivity contribution in [1.82, 2.24) is 20.0 Å². The standard InChI is InChI=1S/C27H34N6O/c1-3-7-22(8-4-1)11-13-33-21-25-26(31-33)27(28-12-14-32-15-17-34-18-16-32)30-24(20-29-25)19-23-9-5-2-6-10-23/h1-10,21,24,29H,11-20H2,(H,28,30)/t24-/m1/s1. The van der Waals surface area contributed by atoms with Gasteiger partial charge in [-0.15, -0.1) is 0 Å². The highest BCUT2D eigenvalue weighted by Gasteiger charge is 2.22. The molecular formula is C27H34N6O. The molecule has 34 heavy (non-hydrogen) atoms. The number of morpholine rings is 1. The van der Waals surface area contributed by atoms with E-state index in [1.54, 1.807) is 0 Å². The number of benzene rings is 2. The Morgan fingerprint density at radius 1 is 0.941 bits per heavy atom. The zero-order valence-corrected chi connectivity index (χ0v) is 19.7. The summed E-state index contributed by atoms with van der Waals surface area (Å²) in [7, 11) is 0. The molecule has 0 radical (unpaired) electrons. The Morgan fingerprint density at radius 3 is 2.44 bits per heavy atom. The van der Waals surface area contributed by atoms with Crippen LogP contribution in [0.4, 0.5) is 5.69 Å². The molecule has 1 saturated heterocycles. The smallest absolute Gasteiger partial charge is 0.151 e. The minimum Gasteiger partial charge on any atom is -0.380 e. The number of ether oxygens (including phenoxy) is 1. The van der Waals surface area contributed by atoms with E-state index in [0.717, 1.165) is 82.5 Å². The Bertz CT molecular complexity index is 1060. The van der Waals surface area contributed by atoms with E-state index in [-0.39, 0.29) is 6.04 Å².